The number of methoxy groups -OCH3 is 1. The van der Waals surface area contributed by atoms with Crippen LogP contribution in [0.15, 0.2) is 24.3 Å². The second-order valence-electron chi connectivity index (χ2n) is 4.42. The van der Waals surface area contributed by atoms with Crippen LogP contribution < -0.4 is 4.74 Å². The van der Waals surface area contributed by atoms with Crippen LogP contribution in [0.3, 0.4) is 0 Å². The fourth-order valence-electron chi connectivity index (χ4n) is 1.84. The molecule has 0 N–H and O–H groups in total. The van der Waals surface area contributed by atoms with Crippen LogP contribution in [0.2, 0.25) is 0 Å². The molecule has 0 heterocycles. The van der Waals surface area contributed by atoms with Crippen LogP contribution in [0.25, 0.3) is 0 Å². The summed E-state index contributed by atoms with van der Waals surface area (Å²) in [6, 6.07) is 8.81. The molecule has 0 spiro atoms. The zero-order valence-corrected chi connectivity index (χ0v) is 12.5. The molecule has 1 aromatic carbocycles. The lowest BCUT2D eigenvalue weighted by Gasteiger charge is -2.26. The van der Waals surface area contributed by atoms with Gasteiger partial charge in [-0.15, -0.1) is 0 Å². The van der Waals surface area contributed by atoms with Gasteiger partial charge in [-0.1, -0.05) is 34.1 Å². The molecule has 0 amide bonds. The Morgan fingerprint density at radius 2 is 2.00 bits per heavy atom. The molecule has 0 fully saturated rings. The lowest BCUT2D eigenvalue weighted by Crippen LogP contribution is -2.31. The second kappa shape index (κ2) is 7.72. The Kier molecular flexibility index (Phi) is 6.60. The number of ether oxygens (including phenoxy) is 1. The topological polar surface area (TPSA) is 12.5 Å². The van der Waals surface area contributed by atoms with Gasteiger partial charge in [-0.05, 0) is 32.9 Å². The van der Waals surface area contributed by atoms with Crippen molar-refractivity contribution in [1.82, 2.24) is 4.90 Å². The zero-order chi connectivity index (χ0) is 12.7. The van der Waals surface area contributed by atoms with Gasteiger partial charge in [-0.3, -0.25) is 4.90 Å². The van der Waals surface area contributed by atoms with Crippen LogP contribution >= 0.6 is 15.9 Å². The van der Waals surface area contributed by atoms with E-state index in [1.54, 1.807) is 7.11 Å². The van der Waals surface area contributed by atoms with E-state index < -0.39 is 0 Å². The third-order valence-corrected chi connectivity index (χ3v) is 3.44. The van der Waals surface area contributed by atoms with Crippen LogP contribution in [-0.4, -0.2) is 29.9 Å². The molecule has 0 aliphatic carbocycles. The van der Waals surface area contributed by atoms with E-state index in [9.17, 15) is 0 Å². The molecule has 0 radical (unpaired) electrons. The van der Waals surface area contributed by atoms with Crippen molar-refractivity contribution in [3.8, 4) is 5.75 Å². The summed E-state index contributed by atoms with van der Waals surface area (Å²) in [6.07, 6.45) is 1.17. The third kappa shape index (κ3) is 4.68. The van der Waals surface area contributed by atoms with Gasteiger partial charge < -0.3 is 4.74 Å². The van der Waals surface area contributed by atoms with Crippen LogP contribution in [-0.2, 0) is 6.54 Å². The molecule has 0 saturated carbocycles. The molecule has 0 aromatic heterocycles. The highest BCUT2D eigenvalue weighted by atomic mass is 79.9. The van der Waals surface area contributed by atoms with Crippen LogP contribution in [0.5, 0.6) is 5.75 Å². The minimum absolute atomic E-state index is 0.555. The van der Waals surface area contributed by atoms with Gasteiger partial charge in [0.15, 0.2) is 0 Å². The average molecular weight is 300 g/mol. The van der Waals surface area contributed by atoms with Crippen LogP contribution in [0.1, 0.15) is 25.8 Å². The molecule has 2 nitrogen and oxygen atoms in total. The summed E-state index contributed by atoms with van der Waals surface area (Å²) in [5, 5.41) is 1.06. The Bertz CT molecular complexity index is 328. The first-order valence-electron chi connectivity index (χ1n) is 6.11. The van der Waals surface area contributed by atoms with Crippen LogP contribution in [0.4, 0.5) is 0 Å². The Morgan fingerprint density at radius 3 is 2.59 bits per heavy atom. The van der Waals surface area contributed by atoms with E-state index in [4.69, 9.17) is 4.74 Å². The van der Waals surface area contributed by atoms with Crippen molar-refractivity contribution < 1.29 is 4.74 Å². The first kappa shape index (κ1) is 14.5. The van der Waals surface area contributed by atoms with Gasteiger partial charge in [0.25, 0.3) is 0 Å². The lowest BCUT2D eigenvalue weighted by molar-refractivity contribution is 0.211. The van der Waals surface area contributed by atoms with Gasteiger partial charge in [0.2, 0.25) is 0 Å². The van der Waals surface area contributed by atoms with E-state index in [2.05, 4.69) is 46.8 Å². The first-order valence-corrected chi connectivity index (χ1v) is 7.23. The fourth-order valence-corrected chi connectivity index (χ4v) is 2.09. The minimum Gasteiger partial charge on any atom is -0.496 e. The predicted molar refractivity (Wildman–Crippen MR) is 77.0 cm³/mol. The van der Waals surface area contributed by atoms with Crippen LogP contribution in [0, 0.1) is 0 Å². The van der Waals surface area contributed by atoms with Gasteiger partial charge in [-0.2, -0.15) is 0 Å². The Morgan fingerprint density at radius 1 is 1.29 bits per heavy atom. The highest BCUT2D eigenvalue weighted by Gasteiger charge is 2.11. The van der Waals surface area contributed by atoms with E-state index in [1.165, 1.54) is 12.0 Å². The highest BCUT2D eigenvalue weighted by Crippen LogP contribution is 2.20. The third-order valence-electron chi connectivity index (χ3n) is 2.88. The van der Waals surface area contributed by atoms with E-state index in [0.717, 1.165) is 24.2 Å². The summed E-state index contributed by atoms with van der Waals surface area (Å²) in [6.45, 7) is 6.54. The van der Waals surface area contributed by atoms with E-state index in [1.807, 2.05) is 12.1 Å². The number of halogens is 1. The number of hydrogen-bond acceptors (Lipinski definition) is 2. The smallest absolute Gasteiger partial charge is 0.123 e. The number of hydrogen-bond donors (Lipinski definition) is 0. The molecule has 1 aromatic rings. The van der Waals surface area contributed by atoms with E-state index >= 15 is 0 Å². The molecule has 0 unspecified atom stereocenters. The maximum atomic E-state index is 5.39. The normalized spacial score (nSPS) is 11.2. The predicted octanol–water partition coefficient (Wildman–Crippen LogP) is 3.69. The SMILES string of the molecule is COc1ccccc1CN(CCCBr)C(C)C. The van der Waals surface area contributed by atoms with Gasteiger partial charge in [0.1, 0.15) is 5.75 Å². The molecule has 0 bridgehead atoms. The Balaban J connectivity index is 2.71. The van der Waals surface area contributed by atoms with Crippen molar-refractivity contribution in [2.75, 3.05) is 19.0 Å². The summed E-state index contributed by atoms with van der Waals surface area (Å²) in [5.41, 5.74) is 1.26. The molecule has 1 rings (SSSR count). The summed E-state index contributed by atoms with van der Waals surface area (Å²) < 4.78 is 5.39. The number of rotatable bonds is 7. The maximum Gasteiger partial charge on any atom is 0.123 e. The molecule has 0 aliphatic rings. The lowest BCUT2D eigenvalue weighted by atomic mass is 10.1. The number of alkyl halides is 1. The molecule has 0 saturated heterocycles. The summed E-state index contributed by atoms with van der Waals surface area (Å²) in [5.74, 6) is 0.983. The van der Waals surface area contributed by atoms with Gasteiger partial charge in [0.05, 0.1) is 7.11 Å². The van der Waals surface area contributed by atoms with Gasteiger partial charge in [-0.25, -0.2) is 0 Å². The van der Waals surface area contributed by atoms with Crippen molar-refractivity contribution >= 4 is 15.9 Å². The standard InChI is InChI=1S/C14H22BrNO/c1-12(2)16(10-6-9-15)11-13-7-4-5-8-14(13)17-3/h4-5,7-8,12H,6,9-11H2,1-3H3. The Hall–Kier alpha value is -0.540. The van der Waals surface area contributed by atoms with Crippen molar-refractivity contribution in [3.63, 3.8) is 0 Å². The number of para-hydroxylation sites is 1. The molecule has 96 valence electrons. The highest BCUT2D eigenvalue weighted by molar-refractivity contribution is 9.09. The van der Waals surface area contributed by atoms with Crippen molar-refractivity contribution in [1.29, 1.82) is 0 Å². The number of benzene rings is 1. The van der Waals surface area contributed by atoms with Crippen molar-refractivity contribution in [2.24, 2.45) is 0 Å². The zero-order valence-electron chi connectivity index (χ0n) is 10.9. The summed E-state index contributed by atoms with van der Waals surface area (Å²) in [7, 11) is 1.73. The largest absolute Gasteiger partial charge is 0.496 e. The van der Waals surface area contributed by atoms with Crippen molar-refractivity contribution in [3.05, 3.63) is 29.8 Å². The molecule has 0 atom stereocenters. The van der Waals surface area contributed by atoms with Crippen molar-refractivity contribution in [2.45, 2.75) is 32.9 Å². The molecule has 17 heavy (non-hydrogen) atoms. The van der Waals surface area contributed by atoms with Gasteiger partial charge in [0, 0.05) is 23.5 Å². The first-order chi connectivity index (χ1) is 8.19. The molecular weight excluding hydrogens is 278 g/mol. The fraction of sp³-hybridized carbons (Fsp3) is 0.571. The minimum atomic E-state index is 0.555. The van der Waals surface area contributed by atoms with E-state index in [-0.39, 0.29) is 0 Å². The van der Waals surface area contributed by atoms with E-state index in [0.29, 0.717) is 6.04 Å². The number of nitrogens with zero attached hydrogens (tertiary/aromatic N) is 1. The molecule has 3 heteroatoms. The molecular formula is C14H22BrNO. The molecule has 0 aliphatic heterocycles. The monoisotopic (exact) mass is 299 g/mol. The quantitative estimate of drug-likeness (QED) is 0.712. The summed E-state index contributed by atoms with van der Waals surface area (Å²) in [4.78, 5) is 2.47. The maximum absolute atomic E-state index is 5.39. The van der Waals surface area contributed by atoms with Gasteiger partial charge >= 0.3 is 0 Å². The second-order valence-corrected chi connectivity index (χ2v) is 5.21. The Labute approximate surface area is 113 Å². The summed E-state index contributed by atoms with van der Waals surface area (Å²) >= 11 is 3.49. The average Bonchev–Trinajstić information content (AvgIpc) is 2.34.